The molecule has 13 heavy (non-hydrogen) atoms. The number of ether oxygens (including phenoxy) is 1. The first-order valence-electron chi connectivity index (χ1n) is 3.72. The zero-order valence-corrected chi connectivity index (χ0v) is 8.51. The van der Waals surface area contributed by atoms with Crippen LogP contribution in [-0.4, -0.2) is 23.2 Å². The number of esters is 1. The smallest absolute Gasteiger partial charge is 0.367 e. The third-order valence-corrected chi connectivity index (χ3v) is 2.76. The van der Waals surface area contributed by atoms with E-state index in [0.29, 0.717) is 4.88 Å². The molecule has 0 unspecified atom stereocenters. The van der Waals surface area contributed by atoms with Gasteiger partial charge < -0.3 is 9.84 Å². The number of hydrogen-bond acceptors (Lipinski definition) is 5. The number of aliphatic hydroxyl groups is 1. The third kappa shape index (κ3) is 2.26. The minimum Gasteiger partial charge on any atom is -0.464 e. The van der Waals surface area contributed by atoms with Gasteiger partial charge in [0.1, 0.15) is 0 Å². The van der Waals surface area contributed by atoms with Crippen molar-refractivity contribution in [2.75, 3.05) is 7.11 Å². The maximum Gasteiger partial charge on any atom is 0.367 e. The lowest BCUT2D eigenvalue weighted by Gasteiger charge is -2.12. The molecule has 72 valence electrons. The Morgan fingerprint density at radius 3 is 2.69 bits per heavy atom. The zero-order chi connectivity index (χ0) is 10.1. The lowest BCUT2D eigenvalue weighted by molar-refractivity contribution is 0.0600. The number of methoxy groups -OCH3 is 1. The highest BCUT2D eigenvalue weighted by atomic mass is 32.1. The normalized spacial score (nSPS) is 11.4. The van der Waals surface area contributed by atoms with Gasteiger partial charge in [-0.1, -0.05) is 0 Å². The molecule has 0 fully saturated rings. The van der Waals surface area contributed by atoms with Crippen LogP contribution in [0.3, 0.4) is 0 Å². The molecular formula is C8H11NO3S. The van der Waals surface area contributed by atoms with Gasteiger partial charge in [0.25, 0.3) is 0 Å². The monoisotopic (exact) mass is 201 g/mol. The fraction of sp³-hybridized carbons (Fsp3) is 0.500. The van der Waals surface area contributed by atoms with Crippen molar-refractivity contribution in [3.63, 3.8) is 0 Å². The highest BCUT2D eigenvalue weighted by molar-refractivity contribution is 7.13. The molecule has 1 aromatic rings. The SMILES string of the molecule is COC(=O)c1ncc(C(C)(C)O)s1. The van der Waals surface area contributed by atoms with Gasteiger partial charge in [0.2, 0.25) is 5.01 Å². The number of carbonyl (C=O) groups excluding carboxylic acids is 1. The van der Waals surface area contributed by atoms with E-state index in [-0.39, 0.29) is 5.01 Å². The topological polar surface area (TPSA) is 59.4 Å². The summed E-state index contributed by atoms with van der Waals surface area (Å²) in [5.74, 6) is -0.472. The maximum atomic E-state index is 11.0. The van der Waals surface area contributed by atoms with Crippen LogP contribution in [0.15, 0.2) is 6.20 Å². The molecule has 4 nitrogen and oxygen atoms in total. The van der Waals surface area contributed by atoms with Crippen LogP contribution in [-0.2, 0) is 10.3 Å². The minimum absolute atomic E-state index is 0.264. The molecule has 1 N–H and O–H groups in total. The summed E-state index contributed by atoms with van der Waals surface area (Å²) in [5, 5.41) is 9.84. The molecule has 0 amide bonds. The molecule has 0 atom stereocenters. The van der Waals surface area contributed by atoms with E-state index in [1.165, 1.54) is 13.3 Å². The number of rotatable bonds is 2. The molecule has 0 aromatic carbocycles. The second-order valence-corrected chi connectivity index (χ2v) is 4.11. The molecule has 1 heterocycles. The molecular weight excluding hydrogens is 190 g/mol. The molecule has 0 bridgehead atoms. The number of aromatic nitrogens is 1. The number of thiazole rings is 1. The summed E-state index contributed by atoms with van der Waals surface area (Å²) in [5.41, 5.74) is -0.954. The largest absolute Gasteiger partial charge is 0.464 e. The quantitative estimate of drug-likeness (QED) is 0.729. The third-order valence-electron chi connectivity index (χ3n) is 1.47. The van der Waals surface area contributed by atoms with E-state index in [1.807, 2.05) is 0 Å². The van der Waals surface area contributed by atoms with E-state index < -0.39 is 11.6 Å². The molecule has 0 aliphatic rings. The van der Waals surface area contributed by atoms with E-state index >= 15 is 0 Å². The Balaban J connectivity index is 2.93. The molecule has 0 spiro atoms. The van der Waals surface area contributed by atoms with Crippen molar-refractivity contribution in [3.05, 3.63) is 16.1 Å². The van der Waals surface area contributed by atoms with Crippen LogP contribution in [0.1, 0.15) is 28.5 Å². The maximum absolute atomic E-state index is 11.0. The van der Waals surface area contributed by atoms with Crippen LogP contribution in [0.2, 0.25) is 0 Å². The van der Waals surface area contributed by atoms with E-state index in [2.05, 4.69) is 9.72 Å². The second kappa shape index (κ2) is 3.43. The van der Waals surface area contributed by atoms with Gasteiger partial charge in [-0.25, -0.2) is 9.78 Å². The summed E-state index contributed by atoms with van der Waals surface area (Å²) in [4.78, 5) is 15.5. The zero-order valence-electron chi connectivity index (χ0n) is 7.70. The van der Waals surface area contributed by atoms with Crippen molar-refractivity contribution < 1.29 is 14.6 Å². The Morgan fingerprint density at radius 1 is 1.69 bits per heavy atom. The molecule has 0 radical (unpaired) electrons. The van der Waals surface area contributed by atoms with Crippen LogP contribution in [0.4, 0.5) is 0 Å². The van der Waals surface area contributed by atoms with E-state index in [0.717, 1.165) is 11.3 Å². The number of hydrogen-bond donors (Lipinski definition) is 1. The Kier molecular flexibility index (Phi) is 2.68. The fourth-order valence-corrected chi connectivity index (χ4v) is 1.57. The van der Waals surface area contributed by atoms with Crippen molar-refractivity contribution in [1.29, 1.82) is 0 Å². The first-order chi connectivity index (χ1) is 5.95. The minimum atomic E-state index is -0.954. The van der Waals surface area contributed by atoms with Gasteiger partial charge >= 0.3 is 5.97 Å². The van der Waals surface area contributed by atoms with Crippen LogP contribution < -0.4 is 0 Å². The van der Waals surface area contributed by atoms with Gasteiger partial charge in [-0.05, 0) is 13.8 Å². The van der Waals surface area contributed by atoms with Gasteiger partial charge in [-0.15, -0.1) is 11.3 Å². The Hall–Kier alpha value is -0.940. The van der Waals surface area contributed by atoms with Crippen LogP contribution >= 0.6 is 11.3 Å². The van der Waals surface area contributed by atoms with Crippen LogP contribution in [0.5, 0.6) is 0 Å². The first kappa shape index (κ1) is 10.1. The average Bonchev–Trinajstić information content (AvgIpc) is 2.50. The summed E-state index contributed by atoms with van der Waals surface area (Å²) < 4.78 is 4.49. The Labute approximate surface area is 80.2 Å². The van der Waals surface area contributed by atoms with Crippen molar-refractivity contribution in [1.82, 2.24) is 4.98 Å². The predicted octanol–water partition coefficient (Wildman–Crippen LogP) is 1.16. The molecule has 0 saturated heterocycles. The average molecular weight is 201 g/mol. The lowest BCUT2D eigenvalue weighted by atomic mass is 10.1. The van der Waals surface area contributed by atoms with Crippen molar-refractivity contribution in [2.24, 2.45) is 0 Å². The Bertz CT molecular complexity index is 313. The molecule has 1 aromatic heterocycles. The highest BCUT2D eigenvalue weighted by Gasteiger charge is 2.21. The molecule has 1 rings (SSSR count). The molecule has 0 saturated carbocycles. The summed E-state index contributed by atoms with van der Waals surface area (Å²) in [6, 6.07) is 0. The fourth-order valence-electron chi connectivity index (χ4n) is 0.739. The number of nitrogens with zero attached hydrogens (tertiary/aromatic N) is 1. The van der Waals surface area contributed by atoms with Gasteiger partial charge in [0.15, 0.2) is 0 Å². The molecule has 5 heteroatoms. The van der Waals surface area contributed by atoms with E-state index in [1.54, 1.807) is 13.8 Å². The van der Waals surface area contributed by atoms with Crippen molar-refractivity contribution in [3.8, 4) is 0 Å². The predicted molar refractivity (Wildman–Crippen MR) is 48.7 cm³/mol. The van der Waals surface area contributed by atoms with Gasteiger partial charge in [-0.3, -0.25) is 0 Å². The van der Waals surface area contributed by atoms with Gasteiger partial charge in [0.05, 0.1) is 17.6 Å². The van der Waals surface area contributed by atoms with Crippen molar-refractivity contribution in [2.45, 2.75) is 19.4 Å². The lowest BCUT2D eigenvalue weighted by Crippen LogP contribution is -2.12. The Morgan fingerprint density at radius 2 is 2.31 bits per heavy atom. The van der Waals surface area contributed by atoms with Crippen molar-refractivity contribution >= 4 is 17.3 Å². The molecule has 0 aliphatic heterocycles. The number of carbonyl (C=O) groups is 1. The van der Waals surface area contributed by atoms with Crippen LogP contribution in [0, 0.1) is 0 Å². The first-order valence-corrected chi connectivity index (χ1v) is 4.54. The molecule has 0 aliphatic carbocycles. The van der Waals surface area contributed by atoms with E-state index in [9.17, 15) is 9.90 Å². The standard InChI is InChI=1S/C8H11NO3S/c1-8(2,11)5-4-9-6(13-5)7(10)12-3/h4,11H,1-3H3. The highest BCUT2D eigenvalue weighted by Crippen LogP contribution is 2.25. The summed E-state index contributed by atoms with van der Waals surface area (Å²) >= 11 is 1.14. The van der Waals surface area contributed by atoms with E-state index in [4.69, 9.17) is 0 Å². The summed E-state index contributed by atoms with van der Waals surface area (Å²) in [7, 11) is 1.30. The van der Waals surface area contributed by atoms with Gasteiger partial charge in [0, 0.05) is 6.20 Å². The summed E-state index contributed by atoms with van der Waals surface area (Å²) in [6.45, 7) is 3.28. The van der Waals surface area contributed by atoms with Gasteiger partial charge in [-0.2, -0.15) is 0 Å². The summed E-state index contributed by atoms with van der Waals surface area (Å²) in [6.07, 6.45) is 1.48. The van der Waals surface area contributed by atoms with Crippen LogP contribution in [0.25, 0.3) is 0 Å². The second-order valence-electron chi connectivity index (χ2n) is 3.08.